The third kappa shape index (κ3) is 14.2. The first-order valence-corrected chi connectivity index (χ1v) is 12.7. The fourth-order valence-electron chi connectivity index (χ4n) is 3.45. The summed E-state index contributed by atoms with van der Waals surface area (Å²) in [4.78, 5) is 24.5. The SMILES string of the molecule is CCCCCCCCCCCCCC(=O)NC(=S)Nc1cccc(C(=O)NC(C)(C)C)c1. The van der Waals surface area contributed by atoms with Gasteiger partial charge in [-0.15, -0.1) is 0 Å². The van der Waals surface area contributed by atoms with E-state index in [9.17, 15) is 9.59 Å². The van der Waals surface area contributed by atoms with Crippen LogP contribution in [0.15, 0.2) is 24.3 Å². The predicted molar refractivity (Wildman–Crippen MR) is 139 cm³/mol. The zero-order valence-electron chi connectivity index (χ0n) is 20.5. The van der Waals surface area contributed by atoms with Gasteiger partial charge in [-0.05, 0) is 57.6 Å². The van der Waals surface area contributed by atoms with Gasteiger partial charge in [0.1, 0.15) is 0 Å². The van der Waals surface area contributed by atoms with Crippen LogP contribution in [0.5, 0.6) is 0 Å². The van der Waals surface area contributed by atoms with Crippen molar-refractivity contribution in [1.82, 2.24) is 10.6 Å². The number of thiocarbonyl (C=S) groups is 1. The highest BCUT2D eigenvalue weighted by molar-refractivity contribution is 7.80. The predicted octanol–water partition coefficient (Wildman–Crippen LogP) is 6.73. The van der Waals surface area contributed by atoms with Gasteiger partial charge in [-0.1, -0.05) is 77.2 Å². The second-order valence-corrected chi connectivity index (χ2v) is 9.98. The third-order valence-corrected chi connectivity index (χ3v) is 5.34. The van der Waals surface area contributed by atoms with E-state index in [-0.39, 0.29) is 22.5 Å². The number of hydrogen-bond acceptors (Lipinski definition) is 3. The van der Waals surface area contributed by atoms with Crippen LogP contribution >= 0.6 is 12.2 Å². The summed E-state index contributed by atoms with van der Waals surface area (Å²) in [5.41, 5.74) is 0.907. The fraction of sp³-hybridized carbons (Fsp3) is 0.654. The maximum Gasteiger partial charge on any atom is 0.251 e. The average Bonchev–Trinajstić information content (AvgIpc) is 2.71. The normalized spacial score (nSPS) is 11.1. The summed E-state index contributed by atoms with van der Waals surface area (Å²) in [5.74, 6) is -0.215. The van der Waals surface area contributed by atoms with Crippen molar-refractivity contribution in [3.63, 3.8) is 0 Å². The minimum Gasteiger partial charge on any atom is -0.347 e. The van der Waals surface area contributed by atoms with E-state index in [1.807, 2.05) is 26.8 Å². The molecule has 0 saturated heterocycles. The van der Waals surface area contributed by atoms with E-state index in [2.05, 4.69) is 22.9 Å². The largest absolute Gasteiger partial charge is 0.347 e. The topological polar surface area (TPSA) is 70.2 Å². The number of rotatable bonds is 14. The van der Waals surface area contributed by atoms with E-state index in [0.717, 1.165) is 12.8 Å². The molecule has 0 atom stereocenters. The monoisotopic (exact) mass is 461 g/mol. The molecule has 6 heteroatoms. The summed E-state index contributed by atoms with van der Waals surface area (Å²) in [6, 6.07) is 7.08. The third-order valence-electron chi connectivity index (χ3n) is 5.13. The van der Waals surface area contributed by atoms with Crippen LogP contribution in [-0.4, -0.2) is 22.5 Å². The van der Waals surface area contributed by atoms with Gasteiger partial charge in [-0.2, -0.15) is 0 Å². The first-order chi connectivity index (χ1) is 15.2. The van der Waals surface area contributed by atoms with Gasteiger partial charge in [-0.3, -0.25) is 9.59 Å². The molecule has 0 aliphatic heterocycles. The van der Waals surface area contributed by atoms with Gasteiger partial charge in [0.25, 0.3) is 5.91 Å². The van der Waals surface area contributed by atoms with E-state index < -0.39 is 0 Å². The van der Waals surface area contributed by atoms with Gasteiger partial charge >= 0.3 is 0 Å². The molecule has 0 saturated carbocycles. The molecule has 1 aromatic rings. The number of benzene rings is 1. The van der Waals surface area contributed by atoms with Crippen molar-refractivity contribution < 1.29 is 9.59 Å². The van der Waals surface area contributed by atoms with E-state index in [1.165, 1.54) is 57.8 Å². The number of unbranched alkanes of at least 4 members (excludes halogenated alkanes) is 10. The van der Waals surface area contributed by atoms with Gasteiger partial charge in [0.05, 0.1) is 0 Å². The fourth-order valence-corrected chi connectivity index (χ4v) is 3.68. The van der Waals surface area contributed by atoms with Gasteiger partial charge in [0.15, 0.2) is 5.11 Å². The lowest BCUT2D eigenvalue weighted by atomic mass is 10.1. The molecule has 0 heterocycles. The minimum atomic E-state index is -0.308. The van der Waals surface area contributed by atoms with Crippen molar-refractivity contribution in [3.05, 3.63) is 29.8 Å². The lowest BCUT2D eigenvalue weighted by Crippen LogP contribution is -2.40. The molecular weight excluding hydrogens is 418 g/mol. The number of carbonyl (C=O) groups excluding carboxylic acids is 2. The van der Waals surface area contributed by atoms with E-state index >= 15 is 0 Å². The van der Waals surface area contributed by atoms with Gasteiger partial charge < -0.3 is 16.0 Å². The van der Waals surface area contributed by atoms with Crippen LogP contribution in [0.2, 0.25) is 0 Å². The Morgan fingerprint density at radius 2 is 1.44 bits per heavy atom. The standard InChI is InChI=1S/C26H43N3O2S/c1-5-6-7-8-9-10-11-12-13-14-15-19-23(30)28-25(32)27-22-18-16-17-21(20-22)24(31)29-26(2,3)4/h16-18,20H,5-15,19H2,1-4H3,(H,29,31)(H2,27,28,30,32). The van der Waals surface area contributed by atoms with Gasteiger partial charge in [0.2, 0.25) is 5.91 Å². The molecular formula is C26H43N3O2S. The zero-order chi connectivity index (χ0) is 23.8. The van der Waals surface area contributed by atoms with Crippen LogP contribution in [0, 0.1) is 0 Å². The minimum absolute atomic E-state index is 0.0694. The highest BCUT2D eigenvalue weighted by Gasteiger charge is 2.15. The highest BCUT2D eigenvalue weighted by Crippen LogP contribution is 2.13. The Labute approximate surface area is 200 Å². The second-order valence-electron chi connectivity index (χ2n) is 9.57. The molecule has 0 aliphatic rings. The van der Waals surface area contributed by atoms with Crippen molar-refractivity contribution in [2.75, 3.05) is 5.32 Å². The second kappa shape index (κ2) is 15.8. The number of carbonyl (C=O) groups is 2. The van der Waals surface area contributed by atoms with Crippen molar-refractivity contribution in [3.8, 4) is 0 Å². The maximum absolute atomic E-state index is 12.3. The van der Waals surface area contributed by atoms with Crippen LogP contribution in [-0.2, 0) is 4.79 Å². The molecule has 0 unspecified atom stereocenters. The van der Waals surface area contributed by atoms with Gasteiger partial charge in [0, 0.05) is 23.2 Å². The molecule has 0 bridgehead atoms. The summed E-state index contributed by atoms with van der Waals surface area (Å²) in [6.45, 7) is 8.06. The highest BCUT2D eigenvalue weighted by atomic mass is 32.1. The molecule has 0 aliphatic carbocycles. The molecule has 2 amide bonds. The van der Waals surface area contributed by atoms with Crippen molar-refractivity contribution >= 4 is 34.8 Å². The van der Waals surface area contributed by atoms with Crippen LogP contribution in [0.25, 0.3) is 0 Å². The number of amides is 2. The summed E-state index contributed by atoms with van der Waals surface area (Å²) >= 11 is 5.25. The van der Waals surface area contributed by atoms with Crippen LogP contribution in [0.3, 0.4) is 0 Å². The Bertz CT molecular complexity index is 713. The van der Waals surface area contributed by atoms with E-state index in [4.69, 9.17) is 12.2 Å². The van der Waals surface area contributed by atoms with Gasteiger partial charge in [-0.25, -0.2) is 0 Å². The number of hydrogen-bond donors (Lipinski definition) is 3. The summed E-state index contributed by atoms with van der Waals surface area (Å²) < 4.78 is 0. The van der Waals surface area contributed by atoms with Crippen molar-refractivity contribution in [1.29, 1.82) is 0 Å². The summed E-state index contributed by atoms with van der Waals surface area (Å²) in [7, 11) is 0. The molecule has 5 nitrogen and oxygen atoms in total. The van der Waals surface area contributed by atoms with Crippen molar-refractivity contribution in [2.45, 2.75) is 110 Å². The first kappa shape index (κ1) is 28.1. The number of nitrogens with one attached hydrogen (secondary N) is 3. The zero-order valence-corrected chi connectivity index (χ0v) is 21.3. The Morgan fingerprint density at radius 1 is 0.875 bits per heavy atom. The molecule has 180 valence electrons. The Hall–Kier alpha value is -1.95. The molecule has 0 radical (unpaired) electrons. The summed E-state index contributed by atoms with van der Waals surface area (Å²) in [5, 5.41) is 8.91. The molecule has 0 fully saturated rings. The Balaban J connectivity index is 2.20. The first-order valence-electron chi connectivity index (χ1n) is 12.2. The molecule has 0 spiro atoms. The lowest BCUT2D eigenvalue weighted by Gasteiger charge is -2.20. The molecule has 32 heavy (non-hydrogen) atoms. The molecule has 1 rings (SSSR count). The molecule has 3 N–H and O–H groups in total. The molecule has 1 aromatic carbocycles. The smallest absolute Gasteiger partial charge is 0.251 e. The van der Waals surface area contributed by atoms with Crippen LogP contribution < -0.4 is 16.0 Å². The average molecular weight is 462 g/mol. The summed E-state index contributed by atoms with van der Waals surface area (Å²) in [6.07, 6.45) is 14.3. The van der Waals surface area contributed by atoms with E-state index in [0.29, 0.717) is 17.7 Å². The van der Waals surface area contributed by atoms with Crippen LogP contribution in [0.1, 0.15) is 115 Å². The Morgan fingerprint density at radius 3 is 2.00 bits per heavy atom. The quantitative estimate of drug-likeness (QED) is 0.212. The van der Waals surface area contributed by atoms with Crippen molar-refractivity contribution in [2.24, 2.45) is 0 Å². The lowest BCUT2D eigenvalue weighted by molar-refractivity contribution is -0.119. The maximum atomic E-state index is 12.3. The van der Waals surface area contributed by atoms with E-state index in [1.54, 1.807) is 18.2 Å². The number of anilines is 1. The van der Waals surface area contributed by atoms with Crippen LogP contribution in [0.4, 0.5) is 5.69 Å². The molecule has 0 aromatic heterocycles. The Kier molecular flexibility index (Phi) is 13.9.